The maximum absolute atomic E-state index is 5.14. The van der Waals surface area contributed by atoms with Crippen LogP contribution in [0, 0.1) is 12.3 Å². The highest BCUT2D eigenvalue weighted by atomic mass is 14.0. The average molecular weight is 118 g/mol. The van der Waals surface area contributed by atoms with Gasteiger partial charge in [-0.05, 0) is 12.8 Å². The number of rotatable bonds is 1. The second-order valence-corrected chi connectivity index (χ2v) is 2.17. The van der Waals surface area contributed by atoms with Gasteiger partial charge in [-0.3, -0.25) is 0 Å². The van der Waals surface area contributed by atoms with Crippen molar-refractivity contribution >= 4 is 0 Å². The Morgan fingerprint density at radius 2 is 2.56 bits per heavy atom. The molecule has 0 saturated heterocycles. The smallest absolute Gasteiger partial charge is 0.0299 e. The van der Waals surface area contributed by atoms with E-state index in [1.165, 1.54) is 5.57 Å². The summed E-state index contributed by atoms with van der Waals surface area (Å²) >= 11 is 0. The molecule has 1 rings (SSSR count). The summed E-state index contributed by atoms with van der Waals surface area (Å²) in [6.45, 7) is 0. The minimum atomic E-state index is 0.824. The summed E-state index contributed by atoms with van der Waals surface area (Å²) in [7, 11) is 0. The summed E-state index contributed by atoms with van der Waals surface area (Å²) in [5.41, 5.74) is 1.39. The van der Waals surface area contributed by atoms with Crippen LogP contribution in [0.5, 0.6) is 0 Å². The van der Waals surface area contributed by atoms with E-state index in [-0.39, 0.29) is 0 Å². The van der Waals surface area contributed by atoms with E-state index in [0.29, 0.717) is 0 Å². The Labute approximate surface area is 56.3 Å². The predicted molar refractivity (Wildman–Crippen MR) is 39.9 cm³/mol. The topological polar surface area (TPSA) is 0 Å². The summed E-state index contributed by atoms with van der Waals surface area (Å²) in [5, 5.41) is 0. The van der Waals surface area contributed by atoms with Gasteiger partial charge in [0.1, 0.15) is 0 Å². The zero-order valence-corrected chi connectivity index (χ0v) is 5.43. The van der Waals surface area contributed by atoms with E-state index in [4.69, 9.17) is 6.42 Å². The third-order valence-corrected chi connectivity index (χ3v) is 1.43. The lowest BCUT2D eigenvalue weighted by Gasteiger charge is -2.02. The van der Waals surface area contributed by atoms with Crippen LogP contribution in [0.3, 0.4) is 0 Å². The lowest BCUT2D eigenvalue weighted by Crippen LogP contribution is -1.84. The summed E-state index contributed by atoms with van der Waals surface area (Å²) < 4.78 is 0. The summed E-state index contributed by atoms with van der Waals surface area (Å²) in [4.78, 5) is 0. The van der Waals surface area contributed by atoms with Gasteiger partial charge in [-0.25, -0.2) is 0 Å². The van der Waals surface area contributed by atoms with Gasteiger partial charge in [0.2, 0.25) is 0 Å². The van der Waals surface area contributed by atoms with Crippen LogP contribution in [0.4, 0.5) is 0 Å². The molecular formula is C9H10. The van der Waals surface area contributed by atoms with Crippen LogP contribution in [0.1, 0.15) is 19.3 Å². The molecule has 0 heterocycles. The zero-order chi connectivity index (χ0) is 6.53. The third kappa shape index (κ3) is 1.77. The van der Waals surface area contributed by atoms with Crippen molar-refractivity contribution in [1.29, 1.82) is 0 Å². The van der Waals surface area contributed by atoms with Crippen molar-refractivity contribution in [2.75, 3.05) is 0 Å². The van der Waals surface area contributed by atoms with Crippen molar-refractivity contribution in [2.24, 2.45) is 0 Å². The van der Waals surface area contributed by atoms with Crippen molar-refractivity contribution in [3.05, 3.63) is 23.8 Å². The van der Waals surface area contributed by atoms with E-state index in [2.05, 4.69) is 24.1 Å². The van der Waals surface area contributed by atoms with Crippen molar-refractivity contribution in [1.82, 2.24) is 0 Å². The SMILES string of the molecule is C#CCC1=CC=CCC1. The van der Waals surface area contributed by atoms with Crippen LogP contribution in [-0.4, -0.2) is 0 Å². The summed E-state index contributed by atoms with van der Waals surface area (Å²) in [6, 6.07) is 0. The van der Waals surface area contributed by atoms with E-state index in [9.17, 15) is 0 Å². The molecular weight excluding hydrogens is 108 g/mol. The fourth-order valence-corrected chi connectivity index (χ4v) is 0.931. The van der Waals surface area contributed by atoms with Crippen LogP contribution < -0.4 is 0 Å². The van der Waals surface area contributed by atoms with Gasteiger partial charge in [0, 0.05) is 6.42 Å². The lowest BCUT2D eigenvalue weighted by atomic mass is 10.0. The molecule has 0 amide bonds. The highest BCUT2D eigenvalue weighted by Crippen LogP contribution is 2.13. The summed E-state index contributed by atoms with van der Waals surface area (Å²) in [6.07, 6.45) is 14.6. The molecule has 0 saturated carbocycles. The van der Waals surface area contributed by atoms with E-state index < -0.39 is 0 Å². The molecule has 0 N–H and O–H groups in total. The van der Waals surface area contributed by atoms with Gasteiger partial charge < -0.3 is 0 Å². The standard InChI is InChI=1S/C9H10/c1-2-6-9-7-4-3-5-8-9/h1,3-4,7H,5-6,8H2. The second-order valence-electron chi connectivity index (χ2n) is 2.17. The first kappa shape index (κ1) is 6.16. The fraction of sp³-hybridized carbons (Fsp3) is 0.333. The van der Waals surface area contributed by atoms with Crippen LogP contribution in [-0.2, 0) is 0 Å². The average Bonchev–Trinajstić information content (AvgIpc) is 1.91. The Morgan fingerprint density at radius 1 is 1.67 bits per heavy atom. The molecule has 0 aromatic rings. The van der Waals surface area contributed by atoms with Crippen molar-refractivity contribution in [3.63, 3.8) is 0 Å². The molecule has 0 bridgehead atoms. The van der Waals surface area contributed by atoms with Crippen molar-refractivity contribution in [3.8, 4) is 12.3 Å². The van der Waals surface area contributed by atoms with E-state index >= 15 is 0 Å². The first-order valence-electron chi connectivity index (χ1n) is 3.21. The molecule has 0 aromatic carbocycles. The third-order valence-electron chi connectivity index (χ3n) is 1.43. The number of hydrogen-bond acceptors (Lipinski definition) is 0. The quantitative estimate of drug-likeness (QED) is 0.463. The maximum atomic E-state index is 5.14. The van der Waals surface area contributed by atoms with Gasteiger partial charge in [-0.1, -0.05) is 23.8 Å². The predicted octanol–water partition coefficient (Wildman–Crippen LogP) is 2.29. The minimum absolute atomic E-state index is 0.824. The Balaban J connectivity index is 2.50. The van der Waals surface area contributed by atoms with E-state index in [1.807, 2.05) is 0 Å². The normalized spacial score (nSPS) is 16.6. The molecule has 46 valence electrons. The summed E-state index contributed by atoms with van der Waals surface area (Å²) in [5.74, 6) is 2.64. The van der Waals surface area contributed by atoms with Gasteiger partial charge >= 0.3 is 0 Å². The molecule has 9 heavy (non-hydrogen) atoms. The molecule has 1 aliphatic carbocycles. The van der Waals surface area contributed by atoms with Crippen LogP contribution >= 0.6 is 0 Å². The van der Waals surface area contributed by atoms with E-state index in [0.717, 1.165) is 19.3 Å². The Kier molecular flexibility index (Phi) is 2.15. The molecule has 0 aliphatic heterocycles. The molecule has 0 atom stereocenters. The highest BCUT2D eigenvalue weighted by molar-refractivity contribution is 5.21. The van der Waals surface area contributed by atoms with Gasteiger partial charge in [0.05, 0.1) is 0 Å². The zero-order valence-electron chi connectivity index (χ0n) is 5.43. The van der Waals surface area contributed by atoms with Crippen molar-refractivity contribution < 1.29 is 0 Å². The number of allylic oxidation sites excluding steroid dienone is 4. The Hall–Kier alpha value is -0.960. The van der Waals surface area contributed by atoms with Gasteiger partial charge in [0.15, 0.2) is 0 Å². The highest BCUT2D eigenvalue weighted by Gasteiger charge is 1.95. The lowest BCUT2D eigenvalue weighted by molar-refractivity contribution is 0.933. The van der Waals surface area contributed by atoms with Gasteiger partial charge in [-0.15, -0.1) is 12.3 Å². The van der Waals surface area contributed by atoms with Crippen molar-refractivity contribution in [2.45, 2.75) is 19.3 Å². The molecule has 1 aliphatic rings. The minimum Gasteiger partial charge on any atom is -0.120 e. The monoisotopic (exact) mass is 118 g/mol. The fourth-order valence-electron chi connectivity index (χ4n) is 0.931. The maximum Gasteiger partial charge on any atom is 0.0299 e. The van der Waals surface area contributed by atoms with E-state index in [1.54, 1.807) is 0 Å². The van der Waals surface area contributed by atoms with Gasteiger partial charge in [-0.2, -0.15) is 0 Å². The number of hydrogen-bond donors (Lipinski definition) is 0. The molecule has 0 spiro atoms. The van der Waals surface area contributed by atoms with Crippen LogP contribution in [0.15, 0.2) is 23.8 Å². The molecule has 0 fully saturated rings. The van der Waals surface area contributed by atoms with Crippen LogP contribution in [0.2, 0.25) is 0 Å². The second kappa shape index (κ2) is 3.14. The van der Waals surface area contributed by atoms with Crippen LogP contribution in [0.25, 0.3) is 0 Å². The molecule has 0 radical (unpaired) electrons. The Morgan fingerprint density at radius 3 is 3.11 bits per heavy atom. The molecule has 0 heteroatoms. The first-order chi connectivity index (χ1) is 4.43. The molecule has 0 aromatic heterocycles. The Bertz CT molecular complexity index is 177. The first-order valence-corrected chi connectivity index (χ1v) is 3.21. The number of terminal acetylenes is 1. The van der Waals surface area contributed by atoms with Gasteiger partial charge in [0.25, 0.3) is 0 Å². The largest absolute Gasteiger partial charge is 0.120 e. The molecule has 0 unspecified atom stereocenters. The molecule has 0 nitrogen and oxygen atoms in total.